The first-order valence-electron chi connectivity index (χ1n) is 7.16. The molecule has 124 valence electrons. The van der Waals surface area contributed by atoms with E-state index in [1.54, 1.807) is 20.8 Å². The third kappa shape index (κ3) is 3.38. The topological polar surface area (TPSA) is 112 Å². The quantitative estimate of drug-likeness (QED) is 0.458. The third-order valence-electron chi connectivity index (χ3n) is 3.18. The number of esters is 1. The molecule has 1 unspecified atom stereocenters. The summed E-state index contributed by atoms with van der Waals surface area (Å²) >= 11 is 0. The summed E-state index contributed by atoms with van der Waals surface area (Å²) < 4.78 is 10.4. The van der Waals surface area contributed by atoms with Gasteiger partial charge in [0.15, 0.2) is 12.4 Å². The van der Waals surface area contributed by atoms with Crippen molar-refractivity contribution in [2.45, 2.75) is 39.3 Å². The van der Waals surface area contributed by atoms with Gasteiger partial charge in [0.25, 0.3) is 11.7 Å². The highest BCUT2D eigenvalue weighted by Gasteiger charge is 2.40. The monoisotopic (exact) mass is 323 g/mol. The molecular formula is C14H17N3O6. The molecule has 1 aromatic rings. The SMILES string of the molecule is CCC(C(=O)OC(C)C)N1C(=O)COc2ccc([N+](=O)[O-])nc21. The zero-order chi connectivity index (χ0) is 17.1. The fourth-order valence-electron chi connectivity index (χ4n) is 2.23. The van der Waals surface area contributed by atoms with Crippen LogP contribution in [0.5, 0.6) is 5.75 Å². The molecule has 23 heavy (non-hydrogen) atoms. The largest absolute Gasteiger partial charge is 0.477 e. The first-order valence-corrected chi connectivity index (χ1v) is 7.16. The molecule has 1 aliphatic rings. The Hall–Kier alpha value is -2.71. The van der Waals surface area contributed by atoms with Gasteiger partial charge in [-0.3, -0.25) is 9.69 Å². The first-order chi connectivity index (χ1) is 10.8. The molecule has 9 nitrogen and oxygen atoms in total. The summed E-state index contributed by atoms with van der Waals surface area (Å²) in [6, 6.07) is 1.63. The van der Waals surface area contributed by atoms with Crippen molar-refractivity contribution < 1.29 is 24.0 Å². The van der Waals surface area contributed by atoms with E-state index in [9.17, 15) is 19.7 Å². The maximum atomic E-state index is 12.2. The Morgan fingerprint density at radius 3 is 2.78 bits per heavy atom. The second kappa shape index (κ2) is 6.59. The number of pyridine rings is 1. The van der Waals surface area contributed by atoms with E-state index >= 15 is 0 Å². The zero-order valence-corrected chi connectivity index (χ0v) is 13.0. The molecule has 9 heteroatoms. The number of fused-ring (bicyclic) bond motifs is 1. The van der Waals surface area contributed by atoms with Crippen molar-refractivity contribution in [3.8, 4) is 5.75 Å². The lowest BCUT2D eigenvalue weighted by Crippen LogP contribution is -2.50. The van der Waals surface area contributed by atoms with Crippen LogP contribution in [-0.2, 0) is 14.3 Å². The Morgan fingerprint density at radius 1 is 1.52 bits per heavy atom. The Kier molecular flexibility index (Phi) is 4.77. The summed E-state index contributed by atoms with van der Waals surface area (Å²) in [6.07, 6.45) is -0.0635. The van der Waals surface area contributed by atoms with E-state index in [0.717, 1.165) is 4.90 Å². The van der Waals surface area contributed by atoms with Crippen LogP contribution in [0.4, 0.5) is 11.6 Å². The summed E-state index contributed by atoms with van der Waals surface area (Å²) in [5.74, 6) is -1.34. The highest BCUT2D eigenvalue weighted by atomic mass is 16.6. The molecule has 0 saturated heterocycles. The van der Waals surface area contributed by atoms with Crippen LogP contribution in [0.25, 0.3) is 0 Å². The molecule has 0 N–H and O–H groups in total. The maximum absolute atomic E-state index is 12.2. The van der Waals surface area contributed by atoms with E-state index in [1.165, 1.54) is 12.1 Å². The number of carbonyl (C=O) groups is 2. The average molecular weight is 323 g/mol. The van der Waals surface area contributed by atoms with Gasteiger partial charge in [0, 0.05) is 6.07 Å². The molecule has 1 aromatic heterocycles. The van der Waals surface area contributed by atoms with Gasteiger partial charge in [0.05, 0.1) is 6.10 Å². The van der Waals surface area contributed by atoms with Crippen LogP contribution in [0.1, 0.15) is 27.2 Å². The van der Waals surface area contributed by atoms with Gasteiger partial charge in [0.1, 0.15) is 6.04 Å². The molecule has 1 amide bonds. The number of amides is 1. The summed E-state index contributed by atoms with van der Waals surface area (Å²) in [6.45, 7) is 4.84. The molecule has 2 heterocycles. The molecule has 0 radical (unpaired) electrons. The molecule has 0 fully saturated rings. The molecule has 0 saturated carbocycles. The number of anilines is 1. The molecule has 0 aliphatic carbocycles. The number of aromatic nitrogens is 1. The fraction of sp³-hybridized carbons (Fsp3) is 0.500. The number of nitrogens with zero attached hydrogens (tertiary/aromatic N) is 3. The van der Waals surface area contributed by atoms with Crippen LogP contribution in [0.2, 0.25) is 0 Å². The van der Waals surface area contributed by atoms with Gasteiger partial charge in [-0.05, 0) is 36.2 Å². The van der Waals surface area contributed by atoms with Crippen molar-refractivity contribution >= 4 is 23.5 Å². The fourth-order valence-corrected chi connectivity index (χ4v) is 2.23. The summed E-state index contributed by atoms with van der Waals surface area (Å²) in [5.41, 5.74) is 0. The van der Waals surface area contributed by atoms with E-state index in [1.807, 2.05) is 0 Å². The van der Waals surface area contributed by atoms with E-state index < -0.39 is 28.7 Å². The van der Waals surface area contributed by atoms with Crippen LogP contribution < -0.4 is 9.64 Å². The molecule has 0 aromatic carbocycles. The van der Waals surface area contributed by atoms with Gasteiger partial charge in [-0.2, -0.15) is 0 Å². The number of carbonyl (C=O) groups excluding carboxylic acids is 2. The third-order valence-corrected chi connectivity index (χ3v) is 3.18. The van der Waals surface area contributed by atoms with Crippen LogP contribution >= 0.6 is 0 Å². The Bertz CT molecular complexity index is 645. The number of ether oxygens (including phenoxy) is 2. The number of nitro groups is 1. The smallest absolute Gasteiger partial charge is 0.366 e. The Labute approximate surface area is 132 Å². The summed E-state index contributed by atoms with van der Waals surface area (Å²) in [4.78, 5) is 39.6. The maximum Gasteiger partial charge on any atom is 0.366 e. The number of rotatable bonds is 5. The molecule has 1 atom stereocenters. The molecule has 2 rings (SSSR count). The van der Waals surface area contributed by atoms with Crippen molar-refractivity contribution in [2.24, 2.45) is 0 Å². The Balaban J connectivity index is 2.45. The lowest BCUT2D eigenvalue weighted by atomic mass is 10.1. The van der Waals surface area contributed by atoms with Crippen molar-refractivity contribution in [3.63, 3.8) is 0 Å². The minimum absolute atomic E-state index is 0.0389. The zero-order valence-electron chi connectivity index (χ0n) is 13.0. The summed E-state index contributed by atoms with van der Waals surface area (Å²) in [5, 5.41) is 10.9. The average Bonchev–Trinajstić information content (AvgIpc) is 2.48. The van der Waals surface area contributed by atoms with Crippen molar-refractivity contribution in [2.75, 3.05) is 11.5 Å². The predicted octanol–water partition coefficient (Wildman–Crippen LogP) is 1.45. The Morgan fingerprint density at radius 2 is 2.22 bits per heavy atom. The first kappa shape index (κ1) is 16.7. The van der Waals surface area contributed by atoms with Crippen LogP contribution in [0.3, 0.4) is 0 Å². The molecule has 0 spiro atoms. The van der Waals surface area contributed by atoms with Gasteiger partial charge >= 0.3 is 11.8 Å². The molecule has 1 aliphatic heterocycles. The minimum atomic E-state index is -0.915. The lowest BCUT2D eigenvalue weighted by Gasteiger charge is -2.30. The van der Waals surface area contributed by atoms with E-state index in [2.05, 4.69) is 4.98 Å². The van der Waals surface area contributed by atoms with Gasteiger partial charge in [-0.1, -0.05) is 6.92 Å². The van der Waals surface area contributed by atoms with Crippen LogP contribution in [0, 0.1) is 10.1 Å². The van der Waals surface area contributed by atoms with E-state index in [-0.39, 0.29) is 30.7 Å². The normalized spacial score (nSPS) is 15.0. The second-order valence-corrected chi connectivity index (χ2v) is 5.21. The van der Waals surface area contributed by atoms with Crippen molar-refractivity contribution in [3.05, 3.63) is 22.2 Å². The van der Waals surface area contributed by atoms with Gasteiger partial charge in [-0.25, -0.2) is 4.79 Å². The van der Waals surface area contributed by atoms with Gasteiger partial charge in [0.2, 0.25) is 0 Å². The van der Waals surface area contributed by atoms with E-state index in [4.69, 9.17) is 9.47 Å². The second-order valence-electron chi connectivity index (χ2n) is 5.21. The highest BCUT2D eigenvalue weighted by molar-refractivity contribution is 6.02. The number of hydrogen-bond acceptors (Lipinski definition) is 7. The standard InChI is InChI=1S/C14H17N3O6/c1-4-9(14(19)23-8(2)3)16-12(18)7-22-10-5-6-11(17(20)21)15-13(10)16/h5-6,8-9H,4,7H2,1-3H3. The molecule has 0 bridgehead atoms. The lowest BCUT2D eigenvalue weighted by molar-refractivity contribution is -0.389. The van der Waals surface area contributed by atoms with Crippen molar-refractivity contribution in [1.82, 2.24) is 4.98 Å². The van der Waals surface area contributed by atoms with Gasteiger partial charge in [-0.15, -0.1) is 0 Å². The van der Waals surface area contributed by atoms with Crippen molar-refractivity contribution in [1.29, 1.82) is 0 Å². The summed E-state index contributed by atoms with van der Waals surface area (Å²) in [7, 11) is 0. The van der Waals surface area contributed by atoms with E-state index in [0.29, 0.717) is 0 Å². The van der Waals surface area contributed by atoms with Crippen LogP contribution in [0.15, 0.2) is 12.1 Å². The predicted molar refractivity (Wildman–Crippen MR) is 79.2 cm³/mol. The number of hydrogen-bond donors (Lipinski definition) is 0. The van der Waals surface area contributed by atoms with Gasteiger partial charge < -0.3 is 19.6 Å². The van der Waals surface area contributed by atoms with Crippen LogP contribution in [-0.4, -0.2) is 40.5 Å². The molecular weight excluding hydrogens is 306 g/mol. The highest BCUT2D eigenvalue weighted by Crippen LogP contribution is 2.34. The minimum Gasteiger partial charge on any atom is -0.477 e.